The number of rotatable bonds is 5. The first kappa shape index (κ1) is 18.6. The fraction of sp³-hybridized carbons (Fsp3) is 0.158. The van der Waals surface area contributed by atoms with E-state index in [2.05, 4.69) is 21.2 Å². The number of hydrogen-bond donors (Lipinski definition) is 1. The van der Waals surface area contributed by atoms with Crippen molar-refractivity contribution in [3.63, 3.8) is 0 Å². The molecular formula is C19H17BrN2O3. The first-order valence-electron chi connectivity index (χ1n) is 7.39. The number of methoxy groups -OCH3 is 2. The zero-order valence-corrected chi connectivity index (χ0v) is 15.7. The Bertz CT molecular complexity index is 852. The predicted octanol–water partition coefficient (Wildman–Crippen LogP) is 4.32. The zero-order chi connectivity index (χ0) is 18.4. The molecule has 0 fully saturated rings. The second kappa shape index (κ2) is 8.36. The summed E-state index contributed by atoms with van der Waals surface area (Å²) < 4.78 is 11.2. The Kier molecular flexibility index (Phi) is 6.20. The summed E-state index contributed by atoms with van der Waals surface area (Å²) in [5.41, 5.74) is 2.33. The van der Waals surface area contributed by atoms with Gasteiger partial charge in [-0.2, -0.15) is 5.26 Å². The van der Waals surface area contributed by atoms with Crippen LogP contribution in [0, 0.1) is 18.3 Å². The van der Waals surface area contributed by atoms with Crippen LogP contribution in [0.25, 0.3) is 6.08 Å². The van der Waals surface area contributed by atoms with Gasteiger partial charge in [0.25, 0.3) is 5.91 Å². The third-order valence-electron chi connectivity index (χ3n) is 3.48. The Labute approximate surface area is 155 Å². The van der Waals surface area contributed by atoms with E-state index >= 15 is 0 Å². The fourth-order valence-corrected chi connectivity index (χ4v) is 2.56. The van der Waals surface area contributed by atoms with Crippen LogP contribution < -0.4 is 14.8 Å². The van der Waals surface area contributed by atoms with Gasteiger partial charge in [-0.15, -0.1) is 0 Å². The normalized spacial score (nSPS) is 10.8. The molecule has 6 heteroatoms. The third-order valence-corrected chi connectivity index (χ3v) is 4.16. The van der Waals surface area contributed by atoms with Crippen LogP contribution in [0.2, 0.25) is 0 Å². The molecule has 0 atom stereocenters. The average Bonchev–Trinajstić information content (AvgIpc) is 2.62. The topological polar surface area (TPSA) is 71.3 Å². The van der Waals surface area contributed by atoms with Crippen LogP contribution in [-0.2, 0) is 4.79 Å². The van der Waals surface area contributed by atoms with Crippen LogP contribution >= 0.6 is 15.9 Å². The molecule has 1 N–H and O–H groups in total. The van der Waals surface area contributed by atoms with Gasteiger partial charge in [-0.3, -0.25) is 4.79 Å². The quantitative estimate of drug-likeness (QED) is 0.599. The van der Waals surface area contributed by atoms with Gasteiger partial charge in [-0.1, -0.05) is 33.6 Å². The molecule has 0 unspecified atom stereocenters. The molecule has 2 aromatic carbocycles. The summed E-state index contributed by atoms with van der Waals surface area (Å²) in [5, 5.41) is 12.1. The van der Waals surface area contributed by atoms with E-state index in [9.17, 15) is 10.1 Å². The van der Waals surface area contributed by atoms with E-state index in [1.807, 2.05) is 25.1 Å². The summed E-state index contributed by atoms with van der Waals surface area (Å²) in [6.07, 6.45) is 1.50. The maximum atomic E-state index is 12.3. The molecule has 0 saturated heterocycles. The van der Waals surface area contributed by atoms with Gasteiger partial charge < -0.3 is 14.8 Å². The van der Waals surface area contributed by atoms with Crippen molar-refractivity contribution >= 4 is 33.6 Å². The minimum Gasteiger partial charge on any atom is -0.493 e. The van der Waals surface area contributed by atoms with Crippen molar-refractivity contribution in [2.45, 2.75) is 6.92 Å². The van der Waals surface area contributed by atoms with E-state index in [1.54, 1.807) is 24.3 Å². The minimum absolute atomic E-state index is 0.0199. The number of benzene rings is 2. The summed E-state index contributed by atoms with van der Waals surface area (Å²) in [4.78, 5) is 12.3. The number of halogens is 1. The van der Waals surface area contributed by atoms with E-state index in [0.717, 1.165) is 5.56 Å². The first-order valence-corrected chi connectivity index (χ1v) is 8.19. The Balaban J connectivity index is 2.32. The Hall–Kier alpha value is -2.78. The first-order chi connectivity index (χ1) is 12.0. The third kappa shape index (κ3) is 4.61. The van der Waals surface area contributed by atoms with Crippen molar-refractivity contribution < 1.29 is 14.3 Å². The van der Waals surface area contributed by atoms with Crippen LogP contribution in [0.5, 0.6) is 11.5 Å². The molecule has 25 heavy (non-hydrogen) atoms. The van der Waals surface area contributed by atoms with Crippen molar-refractivity contribution in [2.24, 2.45) is 0 Å². The van der Waals surface area contributed by atoms with E-state index in [0.29, 0.717) is 27.2 Å². The van der Waals surface area contributed by atoms with E-state index in [4.69, 9.17) is 9.47 Å². The summed E-state index contributed by atoms with van der Waals surface area (Å²) >= 11 is 3.41. The molecule has 0 aliphatic heterocycles. The number of carbonyl (C=O) groups is 1. The highest BCUT2D eigenvalue weighted by Gasteiger charge is 2.13. The Morgan fingerprint density at radius 1 is 1.16 bits per heavy atom. The summed E-state index contributed by atoms with van der Waals surface area (Å²) in [5.74, 6) is 0.579. The smallest absolute Gasteiger partial charge is 0.266 e. The lowest BCUT2D eigenvalue weighted by Crippen LogP contribution is -2.13. The van der Waals surface area contributed by atoms with Gasteiger partial charge in [0.1, 0.15) is 11.6 Å². The van der Waals surface area contributed by atoms with Gasteiger partial charge in [0.05, 0.1) is 14.2 Å². The predicted molar refractivity (Wildman–Crippen MR) is 101 cm³/mol. The molecule has 0 aliphatic carbocycles. The van der Waals surface area contributed by atoms with Crippen LogP contribution in [0.3, 0.4) is 0 Å². The van der Waals surface area contributed by atoms with Gasteiger partial charge in [0.15, 0.2) is 11.5 Å². The zero-order valence-electron chi connectivity index (χ0n) is 14.1. The Morgan fingerprint density at radius 3 is 2.32 bits per heavy atom. The molecule has 2 rings (SSSR count). The molecule has 0 bridgehead atoms. The van der Waals surface area contributed by atoms with Crippen molar-refractivity contribution in [1.82, 2.24) is 0 Å². The van der Waals surface area contributed by atoms with Crippen molar-refractivity contribution in [1.29, 1.82) is 5.26 Å². The largest absolute Gasteiger partial charge is 0.493 e. The second-order valence-electron chi connectivity index (χ2n) is 5.22. The fourth-order valence-electron chi connectivity index (χ4n) is 2.12. The lowest BCUT2D eigenvalue weighted by atomic mass is 10.1. The number of nitrogens with one attached hydrogen (secondary N) is 1. The standard InChI is InChI=1S/C19H17BrN2O3/c1-12-4-6-15(7-5-12)22-19(23)14(11-21)8-13-9-17(24-2)18(25-3)10-16(13)20/h4-10H,1-3H3,(H,22,23). The van der Waals surface area contributed by atoms with E-state index < -0.39 is 5.91 Å². The van der Waals surface area contributed by atoms with Crippen LogP contribution in [0.15, 0.2) is 46.4 Å². The number of amides is 1. The molecule has 0 radical (unpaired) electrons. The maximum Gasteiger partial charge on any atom is 0.266 e. The van der Waals surface area contributed by atoms with Crippen molar-refractivity contribution in [3.8, 4) is 17.6 Å². The van der Waals surface area contributed by atoms with Crippen LogP contribution in [0.4, 0.5) is 5.69 Å². The number of carbonyl (C=O) groups excluding carboxylic acids is 1. The highest BCUT2D eigenvalue weighted by atomic mass is 79.9. The summed E-state index contributed by atoms with van der Waals surface area (Å²) in [6.45, 7) is 1.96. The van der Waals surface area contributed by atoms with Gasteiger partial charge in [-0.05, 0) is 42.8 Å². The van der Waals surface area contributed by atoms with E-state index in [-0.39, 0.29) is 5.57 Å². The highest BCUT2D eigenvalue weighted by molar-refractivity contribution is 9.10. The van der Waals surface area contributed by atoms with Gasteiger partial charge >= 0.3 is 0 Å². The number of hydrogen-bond acceptors (Lipinski definition) is 4. The van der Waals surface area contributed by atoms with Gasteiger partial charge in [-0.25, -0.2) is 0 Å². The van der Waals surface area contributed by atoms with Crippen LogP contribution in [-0.4, -0.2) is 20.1 Å². The number of ether oxygens (including phenoxy) is 2. The van der Waals surface area contributed by atoms with Crippen LogP contribution in [0.1, 0.15) is 11.1 Å². The monoisotopic (exact) mass is 400 g/mol. The van der Waals surface area contributed by atoms with Gasteiger partial charge in [0, 0.05) is 10.2 Å². The molecule has 0 heterocycles. The molecule has 2 aromatic rings. The number of nitriles is 1. The molecule has 0 aliphatic rings. The molecular weight excluding hydrogens is 384 g/mol. The molecule has 0 spiro atoms. The minimum atomic E-state index is -0.479. The van der Waals surface area contributed by atoms with E-state index in [1.165, 1.54) is 20.3 Å². The Morgan fingerprint density at radius 2 is 1.76 bits per heavy atom. The molecule has 128 valence electrons. The number of nitrogens with zero attached hydrogens (tertiary/aromatic N) is 1. The molecule has 1 amide bonds. The molecule has 0 aromatic heterocycles. The highest BCUT2D eigenvalue weighted by Crippen LogP contribution is 2.34. The maximum absolute atomic E-state index is 12.3. The number of aryl methyl sites for hydroxylation is 1. The molecule has 5 nitrogen and oxygen atoms in total. The van der Waals surface area contributed by atoms with Gasteiger partial charge in [0.2, 0.25) is 0 Å². The lowest BCUT2D eigenvalue weighted by molar-refractivity contribution is -0.112. The summed E-state index contributed by atoms with van der Waals surface area (Å²) in [6, 6.07) is 12.7. The summed E-state index contributed by atoms with van der Waals surface area (Å²) in [7, 11) is 3.06. The van der Waals surface area contributed by atoms with Crippen molar-refractivity contribution in [3.05, 3.63) is 57.6 Å². The second-order valence-corrected chi connectivity index (χ2v) is 6.07. The SMILES string of the molecule is COc1cc(Br)c(C=C(C#N)C(=O)Nc2ccc(C)cc2)cc1OC. The number of anilines is 1. The van der Waals surface area contributed by atoms with Crippen molar-refractivity contribution in [2.75, 3.05) is 19.5 Å². The lowest BCUT2D eigenvalue weighted by Gasteiger charge is -2.10. The average molecular weight is 401 g/mol. The molecule has 0 saturated carbocycles.